The number of alkyl halides is 1. The van der Waals surface area contributed by atoms with Gasteiger partial charge in [-0.05, 0) is 25.0 Å². The lowest BCUT2D eigenvalue weighted by Gasteiger charge is -1.90. The quantitative estimate of drug-likeness (QED) is 0.638. The number of aromatic amines is 1. The summed E-state index contributed by atoms with van der Waals surface area (Å²) < 4.78 is 11.6. The molecule has 0 aliphatic carbocycles. The van der Waals surface area contributed by atoms with Crippen LogP contribution in [0, 0.1) is 0 Å². The number of nitrogens with one attached hydrogen (secondary N) is 1. The number of hydrogen-bond donors (Lipinski definition) is 1. The molecule has 50 valence electrons. The van der Waals surface area contributed by atoms with Gasteiger partial charge in [0.25, 0.3) is 0 Å². The van der Waals surface area contributed by atoms with Crippen molar-refractivity contribution < 1.29 is 4.39 Å². The first-order valence-electron chi connectivity index (χ1n) is 3.11. The molecule has 1 N–H and O–H groups in total. The fourth-order valence-corrected chi connectivity index (χ4v) is 0.780. The highest BCUT2D eigenvalue weighted by molar-refractivity contribution is 5.03. The third-order valence-corrected chi connectivity index (χ3v) is 1.24. The first kappa shape index (κ1) is 6.33. The van der Waals surface area contributed by atoms with Gasteiger partial charge >= 0.3 is 0 Å². The van der Waals surface area contributed by atoms with Crippen molar-refractivity contribution in [3.8, 4) is 0 Å². The second-order valence-corrected chi connectivity index (χ2v) is 1.99. The summed E-state index contributed by atoms with van der Waals surface area (Å²) in [6.45, 7) is -0.223. The first-order valence-corrected chi connectivity index (χ1v) is 3.11. The van der Waals surface area contributed by atoms with E-state index in [1.165, 1.54) is 0 Å². The summed E-state index contributed by atoms with van der Waals surface area (Å²) in [6.07, 6.45) is 3.30. The third kappa shape index (κ3) is 1.88. The number of halogens is 1. The van der Waals surface area contributed by atoms with Crippen LogP contribution >= 0.6 is 0 Å². The van der Waals surface area contributed by atoms with Crippen molar-refractivity contribution in [1.82, 2.24) is 4.98 Å². The Kier molecular flexibility index (Phi) is 2.31. The lowest BCUT2D eigenvalue weighted by Crippen LogP contribution is -1.84. The van der Waals surface area contributed by atoms with Crippen molar-refractivity contribution in [1.29, 1.82) is 0 Å². The van der Waals surface area contributed by atoms with Crippen molar-refractivity contribution >= 4 is 0 Å². The zero-order valence-corrected chi connectivity index (χ0v) is 5.23. The Morgan fingerprint density at radius 1 is 1.56 bits per heavy atom. The molecular formula is C7H10FN. The molecule has 0 bridgehead atoms. The lowest BCUT2D eigenvalue weighted by molar-refractivity contribution is 0.471. The van der Waals surface area contributed by atoms with Gasteiger partial charge in [-0.15, -0.1) is 0 Å². The molecule has 0 radical (unpaired) electrons. The van der Waals surface area contributed by atoms with E-state index in [4.69, 9.17) is 0 Å². The summed E-state index contributed by atoms with van der Waals surface area (Å²) >= 11 is 0. The summed E-state index contributed by atoms with van der Waals surface area (Å²) in [4.78, 5) is 3.01. The van der Waals surface area contributed by atoms with Crippen LogP contribution in [0.5, 0.6) is 0 Å². The van der Waals surface area contributed by atoms with Crippen LogP contribution in [0.1, 0.15) is 12.1 Å². The molecule has 0 aliphatic rings. The molecule has 1 rings (SSSR count). The maximum Gasteiger partial charge on any atom is 0.0898 e. The van der Waals surface area contributed by atoms with Crippen LogP contribution in [-0.4, -0.2) is 11.7 Å². The fraction of sp³-hybridized carbons (Fsp3) is 0.429. The SMILES string of the molecule is FCCCc1ccc[nH]1. The molecule has 1 aromatic rings. The molecule has 2 heteroatoms. The number of rotatable bonds is 3. The zero-order chi connectivity index (χ0) is 6.53. The van der Waals surface area contributed by atoms with Gasteiger partial charge in [-0.3, -0.25) is 4.39 Å². The Labute approximate surface area is 53.9 Å². The van der Waals surface area contributed by atoms with Crippen molar-refractivity contribution in [2.45, 2.75) is 12.8 Å². The van der Waals surface area contributed by atoms with Crippen LogP contribution < -0.4 is 0 Å². The summed E-state index contributed by atoms with van der Waals surface area (Å²) in [5.74, 6) is 0. The third-order valence-electron chi connectivity index (χ3n) is 1.24. The Balaban J connectivity index is 2.30. The average molecular weight is 127 g/mol. The normalized spacial score (nSPS) is 9.89. The van der Waals surface area contributed by atoms with Crippen LogP contribution in [0.2, 0.25) is 0 Å². The van der Waals surface area contributed by atoms with Crippen LogP contribution in [0.4, 0.5) is 4.39 Å². The molecule has 0 aliphatic heterocycles. The summed E-state index contributed by atoms with van der Waals surface area (Å²) in [5, 5.41) is 0. The summed E-state index contributed by atoms with van der Waals surface area (Å²) in [5.41, 5.74) is 1.12. The van der Waals surface area contributed by atoms with E-state index in [0.29, 0.717) is 6.42 Å². The zero-order valence-electron chi connectivity index (χ0n) is 5.23. The van der Waals surface area contributed by atoms with Gasteiger partial charge in [-0.25, -0.2) is 0 Å². The number of aromatic nitrogens is 1. The molecule has 0 unspecified atom stereocenters. The second kappa shape index (κ2) is 3.28. The standard InChI is InChI=1S/C7H10FN/c8-5-1-3-7-4-2-6-9-7/h2,4,6,9H,1,3,5H2. The molecule has 1 nitrogen and oxygen atoms in total. The topological polar surface area (TPSA) is 15.8 Å². The van der Waals surface area contributed by atoms with E-state index in [1.54, 1.807) is 0 Å². The predicted octanol–water partition coefficient (Wildman–Crippen LogP) is 1.92. The minimum atomic E-state index is -0.223. The predicted molar refractivity (Wildman–Crippen MR) is 35.1 cm³/mol. The fourth-order valence-electron chi connectivity index (χ4n) is 0.780. The van der Waals surface area contributed by atoms with Gasteiger partial charge in [-0.1, -0.05) is 0 Å². The van der Waals surface area contributed by atoms with E-state index >= 15 is 0 Å². The highest BCUT2D eigenvalue weighted by Gasteiger charge is 1.89. The highest BCUT2D eigenvalue weighted by atomic mass is 19.1. The van der Waals surface area contributed by atoms with Gasteiger partial charge in [0.15, 0.2) is 0 Å². The molecule has 1 heterocycles. The van der Waals surface area contributed by atoms with Gasteiger partial charge in [0.2, 0.25) is 0 Å². The van der Waals surface area contributed by atoms with Crippen LogP contribution in [0.25, 0.3) is 0 Å². The van der Waals surface area contributed by atoms with Crippen LogP contribution in [0.15, 0.2) is 18.3 Å². The number of H-pyrrole nitrogens is 1. The minimum absolute atomic E-state index is 0.223. The lowest BCUT2D eigenvalue weighted by atomic mass is 10.2. The molecule has 9 heavy (non-hydrogen) atoms. The van der Waals surface area contributed by atoms with Crippen LogP contribution in [0.3, 0.4) is 0 Å². The number of aryl methyl sites for hydroxylation is 1. The highest BCUT2D eigenvalue weighted by Crippen LogP contribution is 1.98. The van der Waals surface area contributed by atoms with E-state index in [1.807, 2.05) is 18.3 Å². The van der Waals surface area contributed by atoms with Crippen molar-refractivity contribution in [3.05, 3.63) is 24.0 Å². The van der Waals surface area contributed by atoms with E-state index in [9.17, 15) is 4.39 Å². The molecule has 0 aromatic carbocycles. The largest absolute Gasteiger partial charge is 0.365 e. The molecule has 1 aromatic heterocycles. The van der Waals surface area contributed by atoms with Gasteiger partial charge in [0, 0.05) is 11.9 Å². The smallest absolute Gasteiger partial charge is 0.0898 e. The van der Waals surface area contributed by atoms with Crippen LogP contribution in [-0.2, 0) is 6.42 Å². The maximum absolute atomic E-state index is 11.6. The summed E-state index contributed by atoms with van der Waals surface area (Å²) in [7, 11) is 0. The van der Waals surface area contributed by atoms with Gasteiger partial charge in [0.1, 0.15) is 0 Å². The molecule has 0 saturated heterocycles. The second-order valence-electron chi connectivity index (χ2n) is 1.99. The Bertz CT molecular complexity index is 146. The van der Waals surface area contributed by atoms with Crippen molar-refractivity contribution in [3.63, 3.8) is 0 Å². The van der Waals surface area contributed by atoms with E-state index in [2.05, 4.69) is 4.98 Å². The van der Waals surface area contributed by atoms with E-state index < -0.39 is 0 Å². The van der Waals surface area contributed by atoms with Gasteiger partial charge < -0.3 is 4.98 Å². The van der Waals surface area contributed by atoms with Gasteiger partial charge in [-0.2, -0.15) is 0 Å². The molecule has 0 saturated carbocycles. The Morgan fingerprint density at radius 3 is 3.00 bits per heavy atom. The Hall–Kier alpha value is -0.790. The monoisotopic (exact) mass is 127 g/mol. The number of hydrogen-bond acceptors (Lipinski definition) is 0. The average Bonchev–Trinajstić information content (AvgIpc) is 2.34. The van der Waals surface area contributed by atoms with E-state index in [-0.39, 0.29) is 6.67 Å². The van der Waals surface area contributed by atoms with Crippen molar-refractivity contribution in [2.75, 3.05) is 6.67 Å². The Morgan fingerprint density at radius 2 is 2.44 bits per heavy atom. The molecule has 0 spiro atoms. The molecule has 0 amide bonds. The first-order chi connectivity index (χ1) is 4.43. The summed E-state index contributed by atoms with van der Waals surface area (Å²) in [6, 6.07) is 3.89. The molecule has 0 atom stereocenters. The molecule has 0 fully saturated rings. The maximum atomic E-state index is 11.6. The van der Waals surface area contributed by atoms with Crippen molar-refractivity contribution in [2.24, 2.45) is 0 Å². The van der Waals surface area contributed by atoms with E-state index in [0.717, 1.165) is 12.1 Å². The molecular weight excluding hydrogens is 117 g/mol. The minimum Gasteiger partial charge on any atom is -0.365 e. The van der Waals surface area contributed by atoms with Gasteiger partial charge in [0.05, 0.1) is 6.67 Å².